The van der Waals surface area contributed by atoms with Gasteiger partial charge in [0.1, 0.15) is 0 Å². The topological polar surface area (TPSA) is 51.6 Å². The molecule has 0 spiro atoms. The Morgan fingerprint density at radius 2 is 0.927 bits per heavy atom. The fourth-order valence-corrected chi connectivity index (χ4v) is 5.27. The lowest BCUT2D eigenvalue weighted by molar-refractivity contribution is 1.07. The number of fused-ring (bicyclic) bond motifs is 1. The molecular formula is C37H26N4. The van der Waals surface area contributed by atoms with Crippen LogP contribution >= 0.6 is 0 Å². The number of hydrogen-bond donors (Lipinski definition) is 0. The molecule has 7 aromatic rings. The Labute approximate surface area is 239 Å². The fourth-order valence-electron chi connectivity index (χ4n) is 5.27. The van der Waals surface area contributed by atoms with Crippen molar-refractivity contribution in [2.75, 3.05) is 0 Å². The van der Waals surface area contributed by atoms with Crippen LogP contribution < -0.4 is 0 Å². The molecule has 0 aliphatic rings. The van der Waals surface area contributed by atoms with E-state index in [1.807, 2.05) is 79.9 Å². The van der Waals surface area contributed by atoms with E-state index in [1.165, 1.54) is 10.8 Å². The molecule has 0 aliphatic heterocycles. The third-order valence-electron chi connectivity index (χ3n) is 7.31. The van der Waals surface area contributed by atoms with E-state index in [9.17, 15) is 0 Å². The molecule has 0 aliphatic carbocycles. The van der Waals surface area contributed by atoms with Gasteiger partial charge in [0.2, 0.25) is 0 Å². The summed E-state index contributed by atoms with van der Waals surface area (Å²) in [6, 6.07) is 45.8. The van der Waals surface area contributed by atoms with Crippen molar-refractivity contribution in [2.24, 2.45) is 0 Å². The van der Waals surface area contributed by atoms with Crippen LogP contribution in [0.3, 0.4) is 0 Å². The summed E-state index contributed by atoms with van der Waals surface area (Å²) in [5.74, 6) is 1.91. The Kier molecular flexibility index (Phi) is 6.34. The highest BCUT2D eigenvalue weighted by atomic mass is 15.0. The molecule has 5 aromatic carbocycles. The van der Waals surface area contributed by atoms with Gasteiger partial charge in [0, 0.05) is 34.1 Å². The summed E-state index contributed by atoms with van der Waals surface area (Å²) in [6.45, 7) is 2.05. The summed E-state index contributed by atoms with van der Waals surface area (Å²) in [4.78, 5) is 19.5. The smallest absolute Gasteiger partial charge is 0.164 e. The minimum Gasteiger partial charge on any atom is -0.261 e. The molecule has 0 saturated carbocycles. The Hall–Kier alpha value is -5.48. The SMILES string of the molecule is Cc1ncccc1-c1cc(-c2nc(-c3ccccc3)nc(-c3ccccc3)n2)cc(-c2cccc3ccccc23)c1. The zero-order valence-electron chi connectivity index (χ0n) is 22.6. The standard InChI is InChI=1S/C37H26N4/c1-25-32(20-11-21-38-25)29-22-30(34-19-10-17-26-12-8-9-18-33(26)34)24-31(23-29)37-40-35(27-13-4-2-5-14-27)39-36(41-37)28-15-6-3-7-16-28/h2-24H,1H3. The van der Waals surface area contributed by atoms with Crippen LogP contribution in [0.2, 0.25) is 0 Å². The van der Waals surface area contributed by atoms with Gasteiger partial charge in [-0.15, -0.1) is 0 Å². The van der Waals surface area contributed by atoms with Crippen molar-refractivity contribution in [3.63, 3.8) is 0 Å². The van der Waals surface area contributed by atoms with Gasteiger partial charge in [0.15, 0.2) is 17.5 Å². The molecule has 194 valence electrons. The molecule has 4 heteroatoms. The van der Waals surface area contributed by atoms with Gasteiger partial charge in [0.05, 0.1) is 0 Å². The van der Waals surface area contributed by atoms with E-state index in [0.29, 0.717) is 17.5 Å². The number of hydrogen-bond acceptors (Lipinski definition) is 4. The number of aromatic nitrogens is 4. The molecular weight excluding hydrogens is 500 g/mol. The second-order valence-corrected chi connectivity index (χ2v) is 10.0. The minimum absolute atomic E-state index is 0.627. The van der Waals surface area contributed by atoms with Gasteiger partial charge in [-0.25, -0.2) is 15.0 Å². The van der Waals surface area contributed by atoms with Crippen molar-refractivity contribution < 1.29 is 0 Å². The predicted octanol–water partition coefficient (Wildman–Crippen LogP) is 9.06. The van der Waals surface area contributed by atoms with Crippen molar-refractivity contribution in [3.8, 4) is 56.4 Å². The van der Waals surface area contributed by atoms with E-state index < -0.39 is 0 Å². The van der Waals surface area contributed by atoms with Crippen molar-refractivity contribution in [3.05, 3.63) is 145 Å². The third kappa shape index (κ3) is 4.88. The molecule has 0 amide bonds. The van der Waals surface area contributed by atoms with Crippen LogP contribution in [0.25, 0.3) is 67.2 Å². The van der Waals surface area contributed by atoms with Crippen LogP contribution in [0.5, 0.6) is 0 Å². The number of benzene rings is 5. The van der Waals surface area contributed by atoms with Crippen LogP contribution in [0.15, 0.2) is 140 Å². The molecule has 2 heterocycles. The average Bonchev–Trinajstić information content (AvgIpc) is 3.05. The second-order valence-electron chi connectivity index (χ2n) is 10.0. The summed E-state index contributed by atoms with van der Waals surface area (Å²) < 4.78 is 0. The van der Waals surface area contributed by atoms with Crippen molar-refractivity contribution >= 4 is 10.8 Å². The van der Waals surface area contributed by atoms with Gasteiger partial charge in [-0.1, -0.05) is 109 Å². The Balaban J connectivity index is 1.50. The monoisotopic (exact) mass is 526 g/mol. The number of nitrogens with zero attached hydrogens (tertiary/aromatic N) is 4. The largest absolute Gasteiger partial charge is 0.261 e. The highest BCUT2D eigenvalue weighted by Gasteiger charge is 2.16. The molecule has 0 N–H and O–H groups in total. The highest BCUT2D eigenvalue weighted by Crippen LogP contribution is 2.36. The lowest BCUT2D eigenvalue weighted by Gasteiger charge is -2.14. The first-order valence-corrected chi connectivity index (χ1v) is 13.7. The normalized spacial score (nSPS) is 11.0. The molecule has 4 nitrogen and oxygen atoms in total. The van der Waals surface area contributed by atoms with E-state index in [1.54, 1.807) is 0 Å². The van der Waals surface area contributed by atoms with Crippen molar-refractivity contribution in [2.45, 2.75) is 6.92 Å². The molecule has 0 bridgehead atoms. The van der Waals surface area contributed by atoms with Gasteiger partial charge in [-0.3, -0.25) is 4.98 Å². The molecule has 2 aromatic heterocycles. The summed E-state index contributed by atoms with van der Waals surface area (Å²) in [5.41, 5.74) is 8.19. The Morgan fingerprint density at radius 1 is 0.415 bits per heavy atom. The summed E-state index contributed by atoms with van der Waals surface area (Å²) in [5, 5.41) is 2.40. The van der Waals surface area contributed by atoms with Gasteiger partial charge in [-0.05, 0) is 58.7 Å². The zero-order chi connectivity index (χ0) is 27.6. The number of rotatable bonds is 5. The van der Waals surface area contributed by atoms with E-state index in [-0.39, 0.29) is 0 Å². The molecule has 0 fully saturated rings. The van der Waals surface area contributed by atoms with Crippen LogP contribution in [-0.4, -0.2) is 19.9 Å². The first-order chi connectivity index (χ1) is 20.2. The molecule has 0 radical (unpaired) electrons. The van der Waals surface area contributed by atoms with Gasteiger partial charge >= 0.3 is 0 Å². The molecule has 41 heavy (non-hydrogen) atoms. The summed E-state index contributed by atoms with van der Waals surface area (Å²) in [6.07, 6.45) is 1.83. The van der Waals surface area contributed by atoms with E-state index in [4.69, 9.17) is 15.0 Å². The third-order valence-corrected chi connectivity index (χ3v) is 7.31. The quantitative estimate of drug-likeness (QED) is 0.224. The lowest BCUT2D eigenvalue weighted by atomic mass is 9.92. The van der Waals surface area contributed by atoms with Crippen LogP contribution in [0, 0.1) is 6.92 Å². The van der Waals surface area contributed by atoms with Gasteiger partial charge in [0.25, 0.3) is 0 Å². The predicted molar refractivity (Wildman–Crippen MR) is 167 cm³/mol. The van der Waals surface area contributed by atoms with Crippen LogP contribution in [0.1, 0.15) is 5.69 Å². The summed E-state index contributed by atoms with van der Waals surface area (Å²) >= 11 is 0. The maximum atomic E-state index is 5.02. The summed E-state index contributed by atoms with van der Waals surface area (Å²) in [7, 11) is 0. The molecule has 0 saturated heterocycles. The van der Waals surface area contributed by atoms with Gasteiger partial charge in [-0.2, -0.15) is 0 Å². The minimum atomic E-state index is 0.627. The fraction of sp³-hybridized carbons (Fsp3) is 0.0270. The number of aryl methyl sites for hydroxylation is 1. The van der Waals surface area contributed by atoms with Crippen molar-refractivity contribution in [1.82, 2.24) is 19.9 Å². The maximum Gasteiger partial charge on any atom is 0.164 e. The number of pyridine rings is 1. The van der Waals surface area contributed by atoms with Crippen molar-refractivity contribution in [1.29, 1.82) is 0 Å². The zero-order valence-corrected chi connectivity index (χ0v) is 22.6. The highest BCUT2D eigenvalue weighted by molar-refractivity contribution is 5.98. The average molecular weight is 527 g/mol. The Bertz CT molecular complexity index is 1940. The van der Waals surface area contributed by atoms with E-state index >= 15 is 0 Å². The lowest BCUT2D eigenvalue weighted by Crippen LogP contribution is -2.00. The van der Waals surface area contributed by atoms with Crippen LogP contribution in [0.4, 0.5) is 0 Å². The van der Waals surface area contributed by atoms with E-state index in [2.05, 4.69) is 71.7 Å². The molecule has 0 unspecified atom stereocenters. The maximum absolute atomic E-state index is 5.02. The van der Waals surface area contributed by atoms with Gasteiger partial charge < -0.3 is 0 Å². The first-order valence-electron chi connectivity index (χ1n) is 13.7. The first kappa shape index (κ1) is 24.6. The Morgan fingerprint density at radius 3 is 1.59 bits per heavy atom. The molecule has 7 rings (SSSR count). The molecule has 0 atom stereocenters. The second kappa shape index (κ2) is 10.6. The van der Waals surface area contributed by atoms with Crippen LogP contribution in [-0.2, 0) is 0 Å². The van der Waals surface area contributed by atoms with E-state index in [0.717, 1.165) is 44.6 Å².